The molecule has 0 spiro atoms. The van der Waals surface area contributed by atoms with Crippen LogP contribution in [0.1, 0.15) is 42.5 Å². The summed E-state index contributed by atoms with van der Waals surface area (Å²) in [5.41, 5.74) is 3.42. The standard InChI is InChI=1S/C30H35FN2O3/c1-5-23(4)32-30(35)28(18-24-11-7-6-8-12-24)33(19-25-13-9-10-14-27(25)31)29(34)20-36-26-16-15-21(2)22(3)17-26/h6-17,23,28H,5,18-20H2,1-4H3,(H,32,35)/t23-,28-/m0/s1. The van der Waals surface area contributed by atoms with Crippen LogP contribution in [0.4, 0.5) is 4.39 Å². The van der Waals surface area contributed by atoms with Gasteiger partial charge in [0, 0.05) is 24.6 Å². The molecule has 3 rings (SSSR count). The zero-order valence-electron chi connectivity index (χ0n) is 21.5. The minimum atomic E-state index is -0.836. The van der Waals surface area contributed by atoms with E-state index < -0.39 is 17.8 Å². The molecule has 2 atom stereocenters. The van der Waals surface area contributed by atoms with Gasteiger partial charge in [-0.05, 0) is 62.1 Å². The maximum atomic E-state index is 14.6. The molecule has 0 aromatic heterocycles. The molecule has 1 N–H and O–H groups in total. The van der Waals surface area contributed by atoms with E-state index in [1.54, 1.807) is 18.2 Å². The summed E-state index contributed by atoms with van der Waals surface area (Å²) in [7, 11) is 0. The molecule has 190 valence electrons. The van der Waals surface area contributed by atoms with E-state index in [4.69, 9.17) is 4.74 Å². The molecular formula is C30H35FN2O3. The molecular weight excluding hydrogens is 455 g/mol. The maximum absolute atomic E-state index is 14.6. The third-order valence-electron chi connectivity index (χ3n) is 6.41. The first-order valence-corrected chi connectivity index (χ1v) is 12.4. The zero-order chi connectivity index (χ0) is 26.1. The highest BCUT2D eigenvalue weighted by atomic mass is 19.1. The number of nitrogens with one attached hydrogen (secondary N) is 1. The van der Waals surface area contributed by atoms with Crippen molar-refractivity contribution in [1.29, 1.82) is 0 Å². The number of carbonyl (C=O) groups is 2. The van der Waals surface area contributed by atoms with Crippen molar-refractivity contribution < 1.29 is 18.7 Å². The number of halogens is 1. The van der Waals surface area contributed by atoms with Gasteiger partial charge >= 0.3 is 0 Å². The molecule has 36 heavy (non-hydrogen) atoms. The van der Waals surface area contributed by atoms with Gasteiger partial charge in [0.05, 0.1) is 0 Å². The number of carbonyl (C=O) groups excluding carboxylic acids is 2. The summed E-state index contributed by atoms with van der Waals surface area (Å²) >= 11 is 0. The van der Waals surface area contributed by atoms with Gasteiger partial charge in [-0.15, -0.1) is 0 Å². The second kappa shape index (κ2) is 12.9. The lowest BCUT2D eigenvalue weighted by molar-refractivity contribution is -0.143. The molecule has 0 saturated heterocycles. The predicted molar refractivity (Wildman–Crippen MR) is 140 cm³/mol. The van der Waals surface area contributed by atoms with E-state index >= 15 is 0 Å². The molecule has 3 aromatic rings. The van der Waals surface area contributed by atoms with E-state index in [1.807, 2.05) is 76.2 Å². The molecule has 0 radical (unpaired) electrons. The molecule has 0 aliphatic heterocycles. The average molecular weight is 491 g/mol. The van der Waals surface area contributed by atoms with Crippen LogP contribution in [0.25, 0.3) is 0 Å². The number of amides is 2. The van der Waals surface area contributed by atoms with Gasteiger partial charge in [-0.1, -0.05) is 61.5 Å². The fourth-order valence-corrected chi connectivity index (χ4v) is 3.84. The Balaban J connectivity index is 1.92. The third-order valence-corrected chi connectivity index (χ3v) is 6.41. The smallest absolute Gasteiger partial charge is 0.261 e. The lowest BCUT2D eigenvalue weighted by Crippen LogP contribution is -2.53. The van der Waals surface area contributed by atoms with Gasteiger partial charge in [-0.2, -0.15) is 0 Å². The first-order chi connectivity index (χ1) is 17.3. The van der Waals surface area contributed by atoms with E-state index in [2.05, 4.69) is 5.32 Å². The van der Waals surface area contributed by atoms with Crippen molar-refractivity contribution in [2.75, 3.05) is 6.61 Å². The molecule has 0 saturated carbocycles. The van der Waals surface area contributed by atoms with Crippen LogP contribution in [-0.2, 0) is 22.6 Å². The van der Waals surface area contributed by atoms with Gasteiger partial charge < -0.3 is 15.0 Å². The molecule has 0 heterocycles. The number of benzene rings is 3. The van der Waals surface area contributed by atoms with Crippen LogP contribution in [0.5, 0.6) is 5.75 Å². The molecule has 0 aliphatic carbocycles. The van der Waals surface area contributed by atoms with E-state index in [1.165, 1.54) is 11.0 Å². The van der Waals surface area contributed by atoms with Crippen LogP contribution in [0.15, 0.2) is 72.8 Å². The molecule has 0 fully saturated rings. The van der Waals surface area contributed by atoms with Crippen molar-refractivity contribution in [3.63, 3.8) is 0 Å². The van der Waals surface area contributed by atoms with E-state index in [0.717, 1.165) is 23.1 Å². The molecule has 2 amide bonds. The quantitative estimate of drug-likeness (QED) is 0.393. The predicted octanol–water partition coefficient (Wildman–Crippen LogP) is 5.38. The minimum absolute atomic E-state index is 0.0484. The van der Waals surface area contributed by atoms with Crippen LogP contribution < -0.4 is 10.1 Å². The SMILES string of the molecule is CC[C@H](C)NC(=O)[C@H](Cc1ccccc1)N(Cc1ccccc1F)C(=O)COc1ccc(C)c(C)c1. The van der Waals surface area contributed by atoms with Crippen LogP contribution in [-0.4, -0.2) is 35.4 Å². The van der Waals surface area contributed by atoms with Crippen LogP contribution >= 0.6 is 0 Å². The summed E-state index contributed by atoms with van der Waals surface area (Å²) in [5, 5.41) is 3.01. The number of hydrogen-bond donors (Lipinski definition) is 1. The Kier molecular flexibility index (Phi) is 9.62. The Hall–Kier alpha value is -3.67. The fraction of sp³-hybridized carbons (Fsp3) is 0.333. The van der Waals surface area contributed by atoms with Crippen molar-refractivity contribution in [3.8, 4) is 5.75 Å². The number of aryl methyl sites for hydroxylation is 2. The van der Waals surface area contributed by atoms with Crippen molar-refractivity contribution >= 4 is 11.8 Å². The number of hydrogen-bond acceptors (Lipinski definition) is 3. The highest BCUT2D eigenvalue weighted by Crippen LogP contribution is 2.19. The highest BCUT2D eigenvalue weighted by Gasteiger charge is 2.31. The molecule has 0 bridgehead atoms. The van der Waals surface area contributed by atoms with Crippen LogP contribution in [0.2, 0.25) is 0 Å². The number of ether oxygens (including phenoxy) is 1. The van der Waals surface area contributed by atoms with Crippen molar-refractivity contribution in [2.45, 2.75) is 59.2 Å². The first kappa shape index (κ1) is 26.9. The molecule has 6 heteroatoms. The zero-order valence-corrected chi connectivity index (χ0v) is 21.5. The Morgan fingerprint density at radius 1 is 0.972 bits per heavy atom. The Labute approximate surface area is 213 Å². The summed E-state index contributed by atoms with van der Waals surface area (Å²) in [4.78, 5) is 28.5. The molecule has 3 aromatic carbocycles. The summed E-state index contributed by atoms with van der Waals surface area (Å²) in [5.74, 6) is -0.520. The monoisotopic (exact) mass is 490 g/mol. The first-order valence-electron chi connectivity index (χ1n) is 12.4. The molecule has 5 nitrogen and oxygen atoms in total. The average Bonchev–Trinajstić information content (AvgIpc) is 2.88. The number of nitrogens with zero attached hydrogens (tertiary/aromatic N) is 1. The summed E-state index contributed by atoms with van der Waals surface area (Å²) in [6.07, 6.45) is 1.05. The van der Waals surface area contributed by atoms with E-state index in [9.17, 15) is 14.0 Å². The van der Waals surface area contributed by atoms with E-state index in [-0.39, 0.29) is 25.1 Å². The van der Waals surface area contributed by atoms with Gasteiger partial charge in [-0.3, -0.25) is 9.59 Å². The normalized spacial score (nSPS) is 12.5. The van der Waals surface area contributed by atoms with E-state index in [0.29, 0.717) is 17.7 Å². The third kappa shape index (κ3) is 7.41. The van der Waals surface area contributed by atoms with Crippen molar-refractivity contribution in [2.24, 2.45) is 0 Å². The molecule has 0 aliphatic rings. The fourth-order valence-electron chi connectivity index (χ4n) is 3.84. The summed E-state index contributed by atoms with van der Waals surface area (Å²) in [6, 6.07) is 20.6. The highest BCUT2D eigenvalue weighted by molar-refractivity contribution is 5.88. The van der Waals surface area contributed by atoms with Gasteiger partial charge in [0.25, 0.3) is 5.91 Å². The van der Waals surface area contributed by atoms with Crippen molar-refractivity contribution in [3.05, 3.63) is 101 Å². The minimum Gasteiger partial charge on any atom is -0.484 e. The van der Waals surface area contributed by atoms with Gasteiger partial charge in [0.1, 0.15) is 17.6 Å². The maximum Gasteiger partial charge on any atom is 0.261 e. The molecule has 0 unspecified atom stereocenters. The second-order valence-electron chi connectivity index (χ2n) is 9.17. The van der Waals surface area contributed by atoms with Crippen LogP contribution in [0.3, 0.4) is 0 Å². The number of rotatable bonds is 11. The second-order valence-corrected chi connectivity index (χ2v) is 9.17. The van der Waals surface area contributed by atoms with Crippen molar-refractivity contribution in [1.82, 2.24) is 10.2 Å². The summed E-state index contributed by atoms with van der Waals surface area (Å²) < 4.78 is 20.5. The van der Waals surface area contributed by atoms with Gasteiger partial charge in [0.15, 0.2) is 6.61 Å². The Morgan fingerprint density at radius 3 is 2.33 bits per heavy atom. The largest absolute Gasteiger partial charge is 0.484 e. The topological polar surface area (TPSA) is 58.6 Å². The van der Waals surface area contributed by atoms with Gasteiger partial charge in [0.2, 0.25) is 5.91 Å². The van der Waals surface area contributed by atoms with Crippen LogP contribution in [0, 0.1) is 19.7 Å². The lowest BCUT2D eigenvalue weighted by atomic mass is 10.0. The summed E-state index contributed by atoms with van der Waals surface area (Å²) in [6.45, 7) is 7.57. The Morgan fingerprint density at radius 2 is 1.67 bits per heavy atom. The Bertz CT molecular complexity index is 1170. The lowest BCUT2D eigenvalue weighted by Gasteiger charge is -2.32. The van der Waals surface area contributed by atoms with Gasteiger partial charge in [-0.25, -0.2) is 4.39 Å².